The first-order valence-corrected chi connectivity index (χ1v) is 13.3. The molecule has 0 spiro atoms. The van der Waals surface area contributed by atoms with E-state index >= 15 is 0 Å². The van der Waals surface area contributed by atoms with Crippen molar-refractivity contribution in [2.45, 2.75) is 0 Å². The maximum atomic E-state index is 9.21. The van der Waals surface area contributed by atoms with Gasteiger partial charge < -0.3 is 4.42 Å². The highest BCUT2D eigenvalue weighted by molar-refractivity contribution is 6.23. The summed E-state index contributed by atoms with van der Waals surface area (Å²) in [5.74, 6) is 0. The molecule has 43 heavy (non-hydrogen) atoms. The number of para-hydroxylation sites is 2. The van der Waals surface area contributed by atoms with Crippen LogP contribution in [0.5, 0.6) is 0 Å². The van der Waals surface area contributed by atoms with Crippen molar-refractivity contribution < 1.29 is 29.1 Å². The molecule has 1 heteroatoms. The van der Waals surface area contributed by atoms with Crippen molar-refractivity contribution in [1.29, 1.82) is 0 Å². The fourth-order valence-corrected chi connectivity index (χ4v) is 5.83. The van der Waals surface area contributed by atoms with Gasteiger partial charge in [0.05, 0.1) is 24.7 Å². The van der Waals surface area contributed by atoms with Gasteiger partial charge >= 0.3 is 0 Å². The van der Waals surface area contributed by atoms with Crippen LogP contribution in [0.25, 0.3) is 87.6 Å². The molecule has 1 nitrogen and oxygen atoms in total. The summed E-state index contributed by atoms with van der Waals surface area (Å²) in [7, 11) is 0. The highest BCUT2D eigenvalue weighted by atomic mass is 16.3. The quantitative estimate of drug-likeness (QED) is 0.195. The maximum absolute atomic E-state index is 9.21. The summed E-state index contributed by atoms with van der Waals surface area (Å²) in [6.45, 7) is 0. The van der Waals surface area contributed by atoms with E-state index in [2.05, 4.69) is 0 Å². The van der Waals surface area contributed by atoms with Crippen molar-refractivity contribution in [1.82, 2.24) is 0 Å². The van der Waals surface area contributed by atoms with Crippen molar-refractivity contribution in [3.8, 4) is 33.4 Å². The Balaban J connectivity index is 1.45. The maximum Gasteiger partial charge on any atom is 0.143 e. The smallest absolute Gasteiger partial charge is 0.143 e. The number of hydrogen-bond donors (Lipinski definition) is 0. The van der Waals surface area contributed by atoms with Crippen molar-refractivity contribution >= 4 is 54.3 Å². The van der Waals surface area contributed by atoms with Crippen LogP contribution in [0.2, 0.25) is 0 Å². The predicted molar refractivity (Wildman–Crippen MR) is 183 cm³/mol. The second-order valence-corrected chi connectivity index (χ2v) is 9.90. The molecule has 0 amide bonds. The molecule has 1 heterocycles. The third-order valence-electron chi connectivity index (χ3n) is 7.63. The van der Waals surface area contributed by atoms with Gasteiger partial charge in [-0.1, -0.05) is 145 Å². The van der Waals surface area contributed by atoms with E-state index in [4.69, 9.17) is 27.7 Å². The fourth-order valence-electron chi connectivity index (χ4n) is 5.83. The number of furan rings is 1. The van der Waals surface area contributed by atoms with Gasteiger partial charge in [-0.3, -0.25) is 0 Å². The lowest BCUT2D eigenvalue weighted by atomic mass is 9.84. The van der Waals surface area contributed by atoms with E-state index in [1.54, 1.807) is 24.3 Å². The topological polar surface area (TPSA) is 13.1 Å². The highest BCUT2D eigenvalue weighted by Crippen LogP contribution is 2.46. The van der Waals surface area contributed by atoms with Gasteiger partial charge in [0.1, 0.15) is 11.2 Å². The predicted octanol–water partition coefficient (Wildman–Crippen LogP) is 12.0. The summed E-state index contributed by atoms with van der Waals surface area (Å²) in [5.41, 5.74) is 0.489. The first-order chi connectivity index (χ1) is 28.8. The average Bonchev–Trinajstić information content (AvgIpc) is 3.63. The Morgan fingerprint density at radius 1 is 0.419 bits per heavy atom. The van der Waals surface area contributed by atoms with E-state index in [-0.39, 0.29) is 101 Å². The van der Waals surface area contributed by atoms with Crippen molar-refractivity contribution in [3.05, 3.63) is 157 Å². The molecule has 0 saturated heterocycles. The van der Waals surface area contributed by atoms with Crippen LogP contribution in [0.1, 0.15) is 24.7 Å². The molecule has 0 radical (unpaired) electrons. The van der Waals surface area contributed by atoms with E-state index in [0.29, 0.717) is 11.1 Å². The molecule has 200 valence electrons. The Morgan fingerprint density at radius 3 is 1.79 bits per heavy atom. The van der Waals surface area contributed by atoms with Gasteiger partial charge in [0.2, 0.25) is 0 Å². The summed E-state index contributed by atoms with van der Waals surface area (Å²) in [5, 5.41) is 0.140. The van der Waals surface area contributed by atoms with Crippen LogP contribution in [-0.4, -0.2) is 0 Å². The molecule has 0 saturated carbocycles. The molecular formula is C42H26O. The second kappa shape index (κ2) is 9.44. The van der Waals surface area contributed by atoms with E-state index in [0.717, 1.165) is 0 Å². The SMILES string of the molecule is [2H]c1cc2c(-c3cccc(-c4c([2H])c([2H])c([2H])c5c4oc4c([2H])c([2H])c([2H])c([2H])c45)c3)c3cc([2H])c([2H])cc3c(-c3c([2H])c([2H])c([2H])c4c([2H])c([2H])c([2H])c([2H])c34)c2cc1[2H]. The standard InChI is InChI=1S/C42H26O/c1-2-16-30-27(12-1)13-10-23-33(30)41-36-20-5-3-18-34(36)40(35-19-4-6-21-37(35)41)29-15-9-14-28(26-29)31-22-11-24-38-32-17-7-8-25-39(32)43-42(31)38/h1-26H/i1D,2D,3D,4D,5D,6D,7D,8D,10D,11D,12D,13D,16D,17D,22D,23D,24D,25D. The lowest BCUT2D eigenvalue weighted by molar-refractivity contribution is 0.670. The summed E-state index contributed by atoms with van der Waals surface area (Å²) in [4.78, 5) is 0. The van der Waals surface area contributed by atoms with Crippen LogP contribution < -0.4 is 0 Å². The molecule has 0 aliphatic carbocycles. The Labute approximate surface area is 274 Å². The molecule has 0 fully saturated rings. The molecule has 0 aliphatic rings. The number of rotatable bonds is 3. The van der Waals surface area contributed by atoms with Crippen molar-refractivity contribution in [2.75, 3.05) is 0 Å². The van der Waals surface area contributed by atoms with E-state index < -0.39 is 84.6 Å². The monoisotopic (exact) mass is 564 g/mol. The van der Waals surface area contributed by atoms with Gasteiger partial charge in [-0.25, -0.2) is 0 Å². The average molecular weight is 565 g/mol. The summed E-state index contributed by atoms with van der Waals surface area (Å²) in [6, 6.07) is 3.11. The zero-order chi connectivity index (χ0) is 44.0. The minimum absolute atomic E-state index is 0.00157. The second-order valence-electron chi connectivity index (χ2n) is 9.90. The van der Waals surface area contributed by atoms with Crippen LogP contribution >= 0.6 is 0 Å². The van der Waals surface area contributed by atoms with Crippen LogP contribution in [0.4, 0.5) is 0 Å². The van der Waals surface area contributed by atoms with E-state index in [9.17, 15) is 1.37 Å². The van der Waals surface area contributed by atoms with Crippen LogP contribution in [0.3, 0.4) is 0 Å². The van der Waals surface area contributed by atoms with Gasteiger partial charge in [-0.2, -0.15) is 0 Å². The third kappa shape index (κ3) is 3.65. The van der Waals surface area contributed by atoms with Gasteiger partial charge in [0.15, 0.2) is 0 Å². The van der Waals surface area contributed by atoms with Crippen LogP contribution in [0, 0.1) is 0 Å². The first-order valence-electron chi connectivity index (χ1n) is 22.3. The lowest BCUT2D eigenvalue weighted by Gasteiger charge is -2.19. The van der Waals surface area contributed by atoms with Gasteiger partial charge in [0, 0.05) is 16.3 Å². The molecular weight excluding hydrogens is 520 g/mol. The van der Waals surface area contributed by atoms with E-state index in [1.165, 1.54) is 24.3 Å². The Hall–Kier alpha value is -5.66. The number of fused-ring (bicyclic) bond motifs is 6. The Bertz CT molecular complexity index is 3440. The molecule has 0 aliphatic heterocycles. The van der Waals surface area contributed by atoms with Crippen LogP contribution in [0.15, 0.2) is 162 Å². The minimum atomic E-state index is -0.652. The van der Waals surface area contributed by atoms with Crippen LogP contribution in [-0.2, 0) is 0 Å². The Morgan fingerprint density at radius 2 is 1.00 bits per heavy atom. The van der Waals surface area contributed by atoms with Crippen molar-refractivity contribution in [2.24, 2.45) is 0 Å². The molecule has 0 unspecified atom stereocenters. The van der Waals surface area contributed by atoms with Gasteiger partial charge in [-0.05, 0) is 72.2 Å². The first kappa shape index (κ1) is 12.3. The lowest BCUT2D eigenvalue weighted by Crippen LogP contribution is -1.92. The molecule has 9 aromatic rings. The molecule has 0 atom stereocenters. The number of benzene rings is 8. The van der Waals surface area contributed by atoms with Gasteiger partial charge in [0.25, 0.3) is 0 Å². The summed E-state index contributed by atoms with van der Waals surface area (Å²) >= 11 is 0. The minimum Gasteiger partial charge on any atom is -0.455 e. The molecule has 8 aromatic carbocycles. The molecule has 0 N–H and O–H groups in total. The third-order valence-corrected chi connectivity index (χ3v) is 7.63. The summed E-state index contributed by atoms with van der Waals surface area (Å²) < 4.78 is 162. The zero-order valence-electron chi connectivity index (χ0n) is 40.0. The highest BCUT2D eigenvalue weighted by Gasteiger charge is 2.19. The molecule has 9 rings (SSSR count). The largest absolute Gasteiger partial charge is 0.455 e. The Kier molecular flexibility index (Phi) is 2.70. The molecule has 1 aromatic heterocycles. The molecule has 0 bridgehead atoms. The van der Waals surface area contributed by atoms with Crippen molar-refractivity contribution in [3.63, 3.8) is 0 Å². The van der Waals surface area contributed by atoms with E-state index in [1.807, 2.05) is 0 Å². The van der Waals surface area contributed by atoms with Gasteiger partial charge in [-0.15, -0.1) is 0 Å². The number of hydrogen-bond acceptors (Lipinski definition) is 1. The normalized spacial score (nSPS) is 17.6. The zero-order valence-corrected chi connectivity index (χ0v) is 22.0. The fraction of sp³-hybridized carbons (Fsp3) is 0. The summed E-state index contributed by atoms with van der Waals surface area (Å²) in [6.07, 6.45) is 0.